The lowest BCUT2D eigenvalue weighted by atomic mass is 10.0. The summed E-state index contributed by atoms with van der Waals surface area (Å²) >= 11 is 0. The molecule has 2 aliphatic rings. The molecule has 1 aliphatic heterocycles. The van der Waals surface area contributed by atoms with Crippen molar-refractivity contribution in [3.63, 3.8) is 0 Å². The first-order chi connectivity index (χ1) is 10.3. The highest BCUT2D eigenvalue weighted by Gasteiger charge is 2.30. The van der Waals surface area contributed by atoms with Crippen molar-refractivity contribution in [3.05, 3.63) is 42.0 Å². The minimum absolute atomic E-state index is 0. The van der Waals surface area contributed by atoms with Gasteiger partial charge in [-0.1, -0.05) is 42.8 Å². The number of halogens is 1. The Morgan fingerprint density at radius 3 is 2.73 bits per heavy atom. The molecule has 0 amide bonds. The van der Waals surface area contributed by atoms with E-state index in [2.05, 4.69) is 23.1 Å². The number of phenols is 1. The molecular formula is C19H24ClNO. The first kappa shape index (κ1) is 15.6. The minimum atomic E-state index is 0. The zero-order valence-corrected chi connectivity index (χ0v) is 13.7. The van der Waals surface area contributed by atoms with E-state index >= 15 is 0 Å². The monoisotopic (exact) mass is 317 g/mol. The van der Waals surface area contributed by atoms with Gasteiger partial charge in [-0.2, -0.15) is 0 Å². The third-order valence-corrected chi connectivity index (χ3v) is 5.40. The normalized spacial score (nSPS) is 24.9. The Bertz CT molecular complexity index is 657. The molecule has 1 saturated carbocycles. The van der Waals surface area contributed by atoms with Gasteiger partial charge in [0.1, 0.15) is 5.75 Å². The van der Waals surface area contributed by atoms with E-state index in [1.165, 1.54) is 38.8 Å². The Hall–Kier alpha value is -1.25. The lowest BCUT2D eigenvalue weighted by Gasteiger charge is -2.25. The second-order valence-corrected chi connectivity index (χ2v) is 6.86. The third-order valence-electron chi connectivity index (χ3n) is 5.40. The van der Waals surface area contributed by atoms with E-state index in [0.29, 0.717) is 5.75 Å². The van der Waals surface area contributed by atoms with Gasteiger partial charge in [-0.25, -0.2) is 0 Å². The van der Waals surface area contributed by atoms with E-state index in [4.69, 9.17) is 0 Å². The molecule has 2 nitrogen and oxygen atoms in total. The second-order valence-electron chi connectivity index (χ2n) is 6.86. The molecule has 4 rings (SSSR count). The lowest BCUT2D eigenvalue weighted by Crippen LogP contribution is -2.28. The summed E-state index contributed by atoms with van der Waals surface area (Å²) in [5, 5.41) is 12.7. The summed E-state index contributed by atoms with van der Waals surface area (Å²) < 4.78 is 0. The van der Waals surface area contributed by atoms with Crippen molar-refractivity contribution in [1.29, 1.82) is 0 Å². The zero-order valence-electron chi connectivity index (χ0n) is 12.9. The van der Waals surface area contributed by atoms with Gasteiger partial charge in [0.15, 0.2) is 0 Å². The van der Waals surface area contributed by atoms with Crippen LogP contribution in [0.5, 0.6) is 5.75 Å². The number of hydrogen-bond acceptors (Lipinski definition) is 2. The van der Waals surface area contributed by atoms with Crippen LogP contribution < -0.4 is 0 Å². The van der Waals surface area contributed by atoms with Crippen LogP contribution in [0.3, 0.4) is 0 Å². The number of aromatic hydroxyl groups is 1. The first-order valence-corrected chi connectivity index (χ1v) is 8.21. The summed E-state index contributed by atoms with van der Waals surface area (Å²) in [6.45, 7) is 3.29. The maximum absolute atomic E-state index is 10.6. The Kier molecular flexibility index (Phi) is 4.60. The van der Waals surface area contributed by atoms with Gasteiger partial charge in [0.2, 0.25) is 0 Å². The lowest BCUT2D eigenvalue weighted by molar-refractivity contribution is 0.227. The predicted molar refractivity (Wildman–Crippen MR) is 93.6 cm³/mol. The van der Waals surface area contributed by atoms with Crippen molar-refractivity contribution in [2.24, 2.45) is 11.8 Å². The number of fused-ring (bicyclic) bond motifs is 3. The van der Waals surface area contributed by atoms with E-state index in [-0.39, 0.29) is 12.4 Å². The topological polar surface area (TPSA) is 23.5 Å². The molecule has 1 N–H and O–H groups in total. The van der Waals surface area contributed by atoms with Gasteiger partial charge < -0.3 is 5.11 Å². The molecule has 118 valence electrons. The molecule has 22 heavy (non-hydrogen) atoms. The highest BCUT2D eigenvalue weighted by atomic mass is 35.5. The molecule has 2 unspecified atom stereocenters. The molecule has 1 aliphatic carbocycles. The number of benzene rings is 2. The maximum Gasteiger partial charge on any atom is 0.127 e. The van der Waals surface area contributed by atoms with Gasteiger partial charge in [0.25, 0.3) is 0 Å². The van der Waals surface area contributed by atoms with Crippen molar-refractivity contribution in [3.8, 4) is 5.75 Å². The fourth-order valence-corrected chi connectivity index (χ4v) is 4.24. The average Bonchev–Trinajstić information content (AvgIpc) is 2.84. The Labute approximate surface area is 138 Å². The SMILES string of the molecule is Cl.Oc1c(CN2CCC3CCC(C3)C2)ccc2ccccc12. The van der Waals surface area contributed by atoms with Crippen molar-refractivity contribution in [2.45, 2.75) is 32.2 Å². The van der Waals surface area contributed by atoms with Crippen molar-refractivity contribution in [1.82, 2.24) is 4.90 Å². The largest absolute Gasteiger partial charge is 0.507 e. The van der Waals surface area contributed by atoms with Gasteiger partial charge in [0.05, 0.1) is 0 Å². The molecule has 0 spiro atoms. The molecule has 0 aromatic heterocycles. The predicted octanol–water partition coefficient (Wildman–Crippen LogP) is 4.59. The van der Waals surface area contributed by atoms with Gasteiger partial charge in [0, 0.05) is 24.0 Å². The summed E-state index contributed by atoms with van der Waals surface area (Å²) in [6.07, 6.45) is 5.62. The van der Waals surface area contributed by atoms with E-state index < -0.39 is 0 Å². The number of nitrogens with zero attached hydrogens (tertiary/aromatic N) is 1. The summed E-state index contributed by atoms with van der Waals surface area (Å²) in [6, 6.07) is 12.3. The smallest absolute Gasteiger partial charge is 0.127 e. The van der Waals surface area contributed by atoms with E-state index in [1.54, 1.807) is 0 Å². The van der Waals surface area contributed by atoms with Crippen LogP contribution in [0.2, 0.25) is 0 Å². The summed E-state index contributed by atoms with van der Waals surface area (Å²) in [4.78, 5) is 2.55. The molecule has 2 fully saturated rings. The fraction of sp³-hybridized carbons (Fsp3) is 0.474. The van der Waals surface area contributed by atoms with E-state index in [1.807, 2.05) is 18.2 Å². The average molecular weight is 318 g/mol. The van der Waals surface area contributed by atoms with Gasteiger partial charge >= 0.3 is 0 Å². The molecule has 3 heteroatoms. The summed E-state index contributed by atoms with van der Waals surface area (Å²) in [5.41, 5.74) is 1.08. The molecule has 1 saturated heterocycles. The van der Waals surface area contributed by atoms with Gasteiger partial charge in [-0.05, 0) is 43.0 Å². The van der Waals surface area contributed by atoms with Crippen LogP contribution in [0.25, 0.3) is 10.8 Å². The standard InChI is InChI=1S/C19H23NO.ClH/c21-19-17(8-7-16-3-1-2-4-18(16)19)13-20-10-9-14-5-6-15(11-14)12-20;/h1-4,7-8,14-15,21H,5-6,9-13H2;1H. The van der Waals surface area contributed by atoms with Gasteiger partial charge in [-0.3, -0.25) is 4.90 Å². The molecule has 2 atom stereocenters. The van der Waals surface area contributed by atoms with Crippen molar-refractivity contribution < 1.29 is 5.11 Å². The molecular weight excluding hydrogens is 294 g/mol. The molecule has 2 bridgehead atoms. The van der Waals surface area contributed by atoms with Crippen LogP contribution in [0.1, 0.15) is 31.2 Å². The van der Waals surface area contributed by atoms with Gasteiger partial charge in [-0.15, -0.1) is 12.4 Å². The molecule has 0 radical (unpaired) electrons. The summed E-state index contributed by atoms with van der Waals surface area (Å²) in [7, 11) is 0. The zero-order chi connectivity index (χ0) is 14.2. The number of likely N-dealkylation sites (tertiary alicyclic amines) is 1. The molecule has 2 aromatic rings. The molecule has 1 heterocycles. The summed E-state index contributed by atoms with van der Waals surface area (Å²) in [5.74, 6) is 2.33. The van der Waals surface area contributed by atoms with Crippen LogP contribution in [-0.4, -0.2) is 23.1 Å². The van der Waals surface area contributed by atoms with Crippen molar-refractivity contribution >= 4 is 23.2 Å². The Morgan fingerprint density at radius 1 is 1.00 bits per heavy atom. The third kappa shape index (κ3) is 2.95. The Morgan fingerprint density at radius 2 is 1.82 bits per heavy atom. The highest BCUT2D eigenvalue weighted by molar-refractivity contribution is 5.89. The van der Waals surface area contributed by atoms with Crippen LogP contribution in [0, 0.1) is 11.8 Å². The highest BCUT2D eigenvalue weighted by Crippen LogP contribution is 2.37. The van der Waals surface area contributed by atoms with Crippen LogP contribution in [-0.2, 0) is 6.54 Å². The van der Waals surface area contributed by atoms with Crippen LogP contribution in [0.15, 0.2) is 36.4 Å². The van der Waals surface area contributed by atoms with Crippen molar-refractivity contribution in [2.75, 3.05) is 13.1 Å². The Balaban J connectivity index is 0.00000144. The quantitative estimate of drug-likeness (QED) is 0.875. The number of rotatable bonds is 2. The minimum Gasteiger partial charge on any atom is -0.507 e. The first-order valence-electron chi connectivity index (χ1n) is 8.21. The van der Waals surface area contributed by atoms with Crippen LogP contribution >= 0.6 is 12.4 Å². The number of phenolic OH excluding ortho intramolecular Hbond substituents is 1. The van der Waals surface area contributed by atoms with E-state index in [0.717, 1.165) is 34.7 Å². The second kappa shape index (κ2) is 6.47. The maximum atomic E-state index is 10.6. The fourth-order valence-electron chi connectivity index (χ4n) is 4.24. The number of hydrogen-bond donors (Lipinski definition) is 1. The molecule has 2 aromatic carbocycles. The van der Waals surface area contributed by atoms with E-state index in [9.17, 15) is 5.11 Å². The van der Waals surface area contributed by atoms with Crippen LogP contribution in [0.4, 0.5) is 0 Å².